The smallest absolute Gasteiger partial charge is 0.243 e. The summed E-state index contributed by atoms with van der Waals surface area (Å²) < 4.78 is 5.38. The van der Waals surface area contributed by atoms with Gasteiger partial charge in [-0.3, -0.25) is 9.59 Å². The Morgan fingerprint density at radius 3 is 2.34 bits per heavy atom. The number of halogens is 1. The molecule has 35 heavy (non-hydrogen) atoms. The van der Waals surface area contributed by atoms with Gasteiger partial charge in [-0.1, -0.05) is 79.2 Å². The van der Waals surface area contributed by atoms with Gasteiger partial charge in [0.2, 0.25) is 11.8 Å². The molecule has 0 aliphatic heterocycles. The van der Waals surface area contributed by atoms with Crippen molar-refractivity contribution < 1.29 is 14.3 Å². The first kappa shape index (κ1) is 26.3. The molecule has 0 radical (unpaired) electrons. The van der Waals surface area contributed by atoms with E-state index in [0.717, 1.165) is 23.1 Å². The van der Waals surface area contributed by atoms with Crippen molar-refractivity contribution in [3.05, 3.63) is 101 Å². The Bertz CT molecular complexity index is 1120. The number of carbonyl (C=O) groups is 2. The molecule has 5 nitrogen and oxygen atoms in total. The summed E-state index contributed by atoms with van der Waals surface area (Å²) in [5.41, 5.74) is 2.60. The molecule has 3 aromatic carbocycles. The number of nitrogens with zero attached hydrogens (tertiary/aromatic N) is 1. The van der Waals surface area contributed by atoms with Crippen LogP contribution in [0, 0.1) is 0 Å². The molecule has 2 atom stereocenters. The molecule has 0 unspecified atom stereocenters. The lowest BCUT2D eigenvalue weighted by Gasteiger charge is -2.32. The van der Waals surface area contributed by atoms with E-state index in [9.17, 15) is 9.59 Å². The summed E-state index contributed by atoms with van der Waals surface area (Å²) in [6, 6.07) is 24.0. The van der Waals surface area contributed by atoms with Crippen LogP contribution in [0.1, 0.15) is 37.0 Å². The van der Waals surface area contributed by atoms with Gasteiger partial charge < -0.3 is 15.0 Å². The topological polar surface area (TPSA) is 58.6 Å². The van der Waals surface area contributed by atoms with Gasteiger partial charge in [0.05, 0.1) is 13.5 Å². The van der Waals surface area contributed by atoms with Gasteiger partial charge in [-0.05, 0) is 48.2 Å². The Labute approximate surface area is 213 Å². The maximum Gasteiger partial charge on any atom is 0.243 e. The van der Waals surface area contributed by atoms with E-state index in [1.807, 2.05) is 86.6 Å². The fraction of sp³-hybridized carbons (Fsp3) is 0.310. The zero-order chi connectivity index (χ0) is 25.2. The van der Waals surface area contributed by atoms with E-state index in [-0.39, 0.29) is 30.8 Å². The number of hydrogen-bond acceptors (Lipinski definition) is 3. The quantitative estimate of drug-likeness (QED) is 0.387. The Kier molecular flexibility index (Phi) is 9.74. The zero-order valence-electron chi connectivity index (χ0n) is 20.5. The van der Waals surface area contributed by atoms with Gasteiger partial charge in [0.25, 0.3) is 0 Å². The molecule has 184 valence electrons. The largest absolute Gasteiger partial charge is 0.497 e. The minimum Gasteiger partial charge on any atom is -0.497 e. The predicted molar refractivity (Wildman–Crippen MR) is 141 cm³/mol. The predicted octanol–water partition coefficient (Wildman–Crippen LogP) is 5.45. The highest BCUT2D eigenvalue weighted by atomic mass is 35.5. The van der Waals surface area contributed by atoms with Crippen molar-refractivity contribution in [2.24, 2.45) is 0 Å². The second-order valence-corrected chi connectivity index (χ2v) is 9.07. The van der Waals surface area contributed by atoms with E-state index in [4.69, 9.17) is 16.3 Å². The molecule has 3 rings (SSSR count). The molecule has 0 fully saturated rings. The van der Waals surface area contributed by atoms with Crippen molar-refractivity contribution >= 4 is 23.4 Å². The minimum absolute atomic E-state index is 0.00175. The van der Waals surface area contributed by atoms with Crippen molar-refractivity contribution in [3.8, 4) is 5.75 Å². The highest BCUT2D eigenvalue weighted by Gasteiger charge is 2.31. The van der Waals surface area contributed by atoms with E-state index in [0.29, 0.717) is 17.2 Å². The van der Waals surface area contributed by atoms with Crippen LogP contribution < -0.4 is 10.1 Å². The third kappa shape index (κ3) is 7.59. The lowest BCUT2D eigenvalue weighted by Crippen LogP contribution is -2.52. The molecule has 0 aliphatic carbocycles. The monoisotopic (exact) mass is 492 g/mol. The summed E-state index contributed by atoms with van der Waals surface area (Å²) in [5, 5.41) is 3.62. The molecule has 3 aromatic rings. The molecule has 1 N–H and O–H groups in total. The van der Waals surface area contributed by atoms with Gasteiger partial charge in [0, 0.05) is 24.0 Å². The van der Waals surface area contributed by atoms with E-state index in [1.54, 1.807) is 18.1 Å². The van der Waals surface area contributed by atoms with Crippen molar-refractivity contribution in [1.82, 2.24) is 10.2 Å². The average Bonchev–Trinajstić information content (AvgIpc) is 2.88. The van der Waals surface area contributed by atoms with Crippen LogP contribution in [0.2, 0.25) is 5.02 Å². The summed E-state index contributed by atoms with van der Waals surface area (Å²) in [4.78, 5) is 29.0. The lowest BCUT2D eigenvalue weighted by atomic mass is 10.0. The fourth-order valence-corrected chi connectivity index (χ4v) is 4.07. The van der Waals surface area contributed by atoms with E-state index >= 15 is 0 Å². The van der Waals surface area contributed by atoms with Gasteiger partial charge in [-0.25, -0.2) is 0 Å². The Balaban J connectivity index is 1.99. The first-order valence-electron chi connectivity index (χ1n) is 11.9. The first-order chi connectivity index (χ1) is 16.9. The van der Waals surface area contributed by atoms with E-state index < -0.39 is 6.04 Å². The maximum atomic E-state index is 13.8. The number of methoxy groups -OCH3 is 1. The van der Waals surface area contributed by atoms with Crippen LogP contribution in [0.25, 0.3) is 0 Å². The van der Waals surface area contributed by atoms with E-state index in [2.05, 4.69) is 5.32 Å². The SMILES string of the molecule is CC[C@H](C)NC(=O)[C@@H](Cc1ccccc1)N(Cc1cccc(OC)c1)C(=O)Cc1ccccc1Cl. The Morgan fingerprint density at radius 1 is 0.971 bits per heavy atom. The normalized spacial score (nSPS) is 12.5. The molecule has 6 heteroatoms. The Morgan fingerprint density at radius 2 is 1.66 bits per heavy atom. The highest BCUT2D eigenvalue weighted by molar-refractivity contribution is 6.31. The lowest BCUT2D eigenvalue weighted by molar-refractivity contribution is -0.141. The molecule has 0 aliphatic rings. The number of nitrogens with one attached hydrogen (secondary N) is 1. The first-order valence-corrected chi connectivity index (χ1v) is 12.3. The second kappa shape index (κ2) is 13.0. The van der Waals surface area contributed by atoms with Crippen LogP contribution in [-0.2, 0) is 29.0 Å². The summed E-state index contributed by atoms with van der Waals surface area (Å²) in [7, 11) is 1.61. The van der Waals surface area contributed by atoms with Gasteiger partial charge in [0.1, 0.15) is 11.8 Å². The zero-order valence-corrected chi connectivity index (χ0v) is 21.3. The molecule has 2 amide bonds. The number of rotatable bonds is 11. The summed E-state index contributed by atoms with van der Waals surface area (Å²) in [5.74, 6) is 0.365. The molecular weight excluding hydrogens is 460 g/mol. The summed E-state index contributed by atoms with van der Waals surface area (Å²) >= 11 is 6.37. The number of amides is 2. The van der Waals surface area contributed by atoms with E-state index in [1.165, 1.54) is 0 Å². The fourth-order valence-electron chi connectivity index (χ4n) is 3.87. The van der Waals surface area contributed by atoms with Gasteiger partial charge in [-0.2, -0.15) is 0 Å². The second-order valence-electron chi connectivity index (χ2n) is 8.66. The molecule has 0 saturated heterocycles. The third-order valence-corrected chi connectivity index (χ3v) is 6.43. The highest BCUT2D eigenvalue weighted by Crippen LogP contribution is 2.21. The molecule has 0 saturated carbocycles. The van der Waals surface area contributed by atoms with Crippen LogP contribution in [0.15, 0.2) is 78.9 Å². The number of carbonyl (C=O) groups excluding carboxylic acids is 2. The van der Waals surface area contributed by atoms with Crippen LogP contribution in [0.3, 0.4) is 0 Å². The number of hydrogen-bond donors (Lipinski definition) is 1. The van der Waals surface area contributed by atoms with Crippen molar-refractivity contribution in [2.45, 2.75) is 51.7 Å². The van der Waals surface area contributed by atoms with Crippen molar-refractivity contribution in [2.75, 3.05) is 7.11 Å². The van der Waals surface area contributed by atoms with Crippen LogP contribution in [-0.4, -0.2) is 35.9 Å². The number of ether oxygens (including phenoxy) is 1. The van der Waals surface area contributed by atoms with Crippen LogP contribution in [0.5, 0.6) is 5.75 Å². The van der Waals surface area contributed by atoms with Gasteiger partial charge in [-0.15, -0.1) is 0 Å². The van der Waals surface area contributed by atoms with Crippen LogP contribution >= 0.6 is 11.6 Å². The summed E-state index contributed by atoms with van der Waals surface area (Å²) in [6.45, 7) is 4.26. The van der Waals surface area contributed by atoms with Gasteiger partial charge >= 0.3 is 0 Å². The van der Waals surface area contributed by atoms with Crippen molar-refractivity contribution in [3.63, 3.8) is 0 Å². The molecule has 0 aromatic heterocycles. The maximum absolute atomic E-state index is 13.8. The third-order valence-electron chi connectivity index (χ3n) is 6.06. The summed E-state index contributed by atoms with van der Waals surface area (Å²) in [6.07, 6.45) is 1.31. The number of benzene rings is 3. The minimum atomic E-state index is -0.687. The van der Waals surface area contributed by atoms with Crippen LogP contribution in [0.4, 0.5) is 0 Å². The molecule has 0 heterocycles. The van der Waals surface area contributed by atoms with Crippen molar-refractivity contribution in [1.29, 1.82) is 0 Å². The Hall–Kier alpha value is -3.31. The molecular formula is C29H33ClN2O3. The molecule has 0 spiro atoms. The standard InChI is InChI=1S/C29H33ClN2O3/c1-4-21(2)31-29(34)27(18-22-11-6-5-7-12-22)32(20-23-13-10-15-25(17-23)35-3)28(33)19-24-14-8-9-16-26(24)30/h5-17,21,27H,4,18-20H2,1-3H3,(H,31,34)/t21-,27+/m0/s1. The molecule has 0 bridgehead atoms. The van der Waals surface area contributed by atoms with Gasteiger partial charge in [0.15, 0.2) is 0 Å². The average molecular weight is 493 g/mol.